The number of nitrogens with zero attached hydrogens (tertiary/aromatic N) is 2. The molecule has 1 fully saturated rings. The van der Waals surface area contributed by atoms with E-state index >= 15 is 0 Å². The molecule has 1 saturated heterocycles. The molecule has 5 heteroatoms. The van der Waals surface area contributed by atoms with Crippen molar-refractivity contribution in [2.24, 2.45) is 5.73 Å². The lowest BCUT2D eigenvalue weighted by Gasteiger charge is -2.14. The van der Waals surface area contributed by atoms with E-state index in [9.17, 15) is 4.79 Å². The first-order valence-corrected chi connectivity index (χ1v) is 4.97. The number of nitrogens with two attached hydrogens (primary N) is 1. The van der Waals surface area contributed by atoms with Crippen LogP contribution in [0.2, 0.25) is 0 Å². The number of rotatable bonds is 3. The third-order valence-corrected chi connectivity index (χ3v) is 2.69. The van der Waals surface area contributed by atoms with Gasteiger partial charge in [-0.1, -0.05) is 0 Å². The summed E-state index contributed by atoms with van der Waals surface area (Å²) >= 11 is 0. The van der Waals surface area contributed by atoms with Crippen molar-refractivity contribution >= 4 is 6.03 Å². The maximum Gasteiger partial charge on any atom is 0.320 e. The molecule has 82 valence electrons. The summed E-state index contributed by atoms with van der Waals surface area (Å²) in [5.41, 5.74) is 6.53. The molecule has 2 N–H and O–H groups in total. The number of amides is 2. The monoisotopic (exact) mass is 209 g/mol. The average molecular weight is 209 g/mol. The molecule has 15 heavy (non-hydrogen) atoms. The van der Waals surface area contributed by atoms with Crippen molar-refractivity contribution in [1.82, 2.24) is 9.80 Å². The molecule has 1 aromatic heterocycles. The van der Waals surface area contributed by atoms with Crippen LogP contribution in [0.1, 0.15) is 11.3 Å². The number of likely N-dealkylation sites (N-methyl/N-ethyl adjacent to an activating group) is 1. The highest BCUT2D eigenvalue weighted by Gasteiger charge is 2.26. The van der Waals surface area contributed by atoms with Gasteiger partial charge in [0.2, 0.25) is 0 Å². The van der Waals surface area contributed by atoms with Gasteiger partial charge in [-0.15, -0.1) is 0 Å². The summed E-state index contributed by atoms with van der Waals surface area (Å²) in [5.74, 6) is 0.793. The minimum absolute atomic E-state index is 0.0503. The van der Waals surface area contributed by atoms with Gasteiger partial charge in [-0.25, -0.2) is 4.79 Å². The quantitative estimate of drug-likeness (QED) is 0.793. The van der Waals surface area contributed by atoms with Gasteiger partial charge in [0, 0.05) is 32.2 Å². The maximum absolute atomic E-state index is 11.6. The van der Waals surface area contributed by atoms with Gasteiger partial charge < -0.3 is 20.0 Å². The zero-order valence-corrected chi connectivity index (χ0v) is 8.77. The molecule has 2 heterocycles. The Kier molecular flexibility index (Phi) is 2.64. The predicted molar refractivity (Wildman–Crippen MR) is 55.0 cm³/mol. The van der Waals surface area contributed by atoms with Crippen molar-refractivity contribution in [2.45, 2.75) is 13.1 Å². The number of carbonyl (C=O) groups is 1. The van der Waals surface area contributed by atoms with Crippen LogP contribution < -0.4 is 5.73 Å². The second-order valence-corrected chi connectivity index (χ2v) is 3.70. The second-order valence-electron chi connectivity index (χ2n) is 3.70. The van der Waals surface area contributed by atoms with Gasteiger partial charge in [0.15, 0.2) is 0 Å². The number of furan rings is 1. The van der Waals surface area contributed by atoms with Gasteiger partial charge in [0.1, 0.15) is 5.76 Å². The van der Waals surface area contributed by atoms with Crippen LogP contribution in [0.15, 0.2) is 16.7 Å². The Hall–Kier alpha value is -1.49. The highest BCUT2D eigenvalue weighted by molar-refractivity contribution is 5.76. The molecular formula is C10H15N3O2. The van der Waals surface area contributed by atoms with E-state index in [4.69, 9.17) is 10.2 Å². The number of urea groups is 1. The van der Waals surface area contributed by atoms with E-state index < -0.39 is 0 Å². The van der Waals surface area contributed by atoms with Crippen LogP contribution in [-0.4, -0.2) is 36.0 Å². The average Bonchev–Trinajstić information content (AvgIpc) is 2.80. The topological polar surface area (TPSA) is 62.7 Å². The lowest BCUT2D eigenvalue weighted by atomic mass is 10.2. The zero-order chi connectivity index (χ0) is 10.8. The minimum Gasteiger partial charge on any atom is -0.467 e. The zero-order valence-electron chi connectivity index (χ0n) is 8.77. The fraction of sp³-hybridized carbons (Fsp3) is 0.500. The van der Waals surface area contributed by atoms with Crippen LogP contribution in [0, 0.1) is 0 Å². The van der Waals surface area contributed by atoms with Crippen LogP contribution in [-0.2, 0) is 13.1 Å². The van der Waals surface area contributed by atoms with E-state index in [1.165, 1.54) is 0 Å². The summed E-state index contributed by atoms with van der Waals surface area (Å²) in [6, 6.07) is 1.90. The first-order valence-electron chi connectivity index (χ1n) is 4.97. The smallest absolute Gasteiger partial charge is 0.320 e. The highest BCUT2D eigenvalue weighted by Crippen LogP contribution is 2.16. The molecule has 0 aliphatic carbocycles. The maximum atomic E-state index is 11.6. The summed E-state index contributed by atoms with van der Waals surface area (Å²) in [6.45, 7) is 2.49. The fourth-order valence-corrected chi connectivity index (χ4v) is 1.71. The summed E-state index contributed by atoms with van der Waals surface area (Å²) in [5, 5.41) is 0. The largest absolute Gasteiger partial charge is 0.467 e. The van der Waals surface area contributed by atoms with E-state index in [0.29, 0.717) is 13.1 Å². The van der Waals surface area contributed by atoms with Gasteiger partial charge in [0.05, 0.1) is 12.8 Å². The van der Waals surface area contributed by atoms with Crippen molar-refractivity contribution in [2.75, 3.05) is 20.1 Å². The molecule has 1 aliphatic rings. The van der Waals surface area contributed by atoms with Crippen molar-refractivity contribution in [3.63, 3.8) is 0 Å². The van der Waals surface area contributed by atoms with Crippen molar-refractivity contribution < 1.29 is 9.21 Å². The van der Waals surface area contributed by atoms with Gasteiger partial charge in [-0.2, -0.15) is 0 Å². The van der Waals surface area contributed by atoms with Gasteiger partial charge >= 0.3 is 6.03 Å². The molecule has 0 bridgehead atoms. The molecule has 0 aromatic carbocycles. The predicted octanol–water partition coefficient (Wildman–Crippen LogP) is 0.606. The molecule has 0 spiro atoms. The van der Waals surface area contributed by atoms with E-state index in [0.717, 1.165) is 24.4 Å². The number of carbonyl (C=O) groups excluding carboxylic acids is 1. The van der Waals surface area contributed by atoms with Crippen molar-refractivity contribution in [3.05, 3.63) is 23.7 Å². The Morgan fingerprint density at radius 1 is 1.53 bits per heavy atom. The van der Waals surface area contributed by atoms with E-state index in [-0.39, 0.29) is 6.03 Å². The third kappa shape index (κ3) is 1.83. The van der Waals surface area contributed by atoms with Crippen LogP contribution in [0.25, 0.3) is 0 Å². The molecule has 1 aromatic rings. The Labute approximate surface area is 88.4 Å². The molecule has 2 amide bonds. The fourth-order valence-electron chi connectivity index (χ4n) is 1.71. The molecule has 1 aliphatic heterocycles. The minimum atomic E-state index is 0.0503. The number of hydrogen-bond acceptors (Lipinski definition) is 3. The molecule has 0 unspecified atom stereocenters. The third-order valence-electron chi connectivity index (χ3n) is 2.69. The van der Waals surface area contributed by atoms with Crippen LogP contribution in [0.3, 0.4) is 0 Å². The number of hydrogen-bond donors (Lipinski definition) is 1. The van der Waals surface area contributed by atoms with Gasteiger partial charge in [-0.3, -0.25) is 0 Å². The highest BCUT2D eigenvalue weighted by atomic mass is 16.3. The first kappa shape index (κ1) is 10.0. The lowest BCUT2D eigenvalue weighted by molar-refractivity contribution is 0.193. The van der Waals surface area contributed by atoms with Crippen LogP contribution >= 0.6 is 0 Å². The van der Waals surface area contributed by atoms with E-state index in [2.05, 4.69) is 0 Å². The van der Waals surface area contributed by atoms with Crippen LogP contribution in [0.5, 0.6) is 0 Å². The summed E-state index contributed by atoms with van der Waals surface area (Å²) < 4.78 is 5.31. The first-order chi connectivity index (χ1) is 7.22. The van der Waals surface area contributed by atoms with Gasteiger partial charge in [-0.05, 0) is 6.07 Å². The van der Waals surface area contributed by atoms with Crippen molar-refractivity contribution in [1.29, 1.82) is 0 Å². The second kappa shape index (κ2) is 3.94. The Balaban J connectivity index is 2.06. The Morgan fingerprint density at radius 3 is 2.93 bits per heavy atom. The van der Waals surface area contributed by atoms with Crippen LogP contribution in [0.4, 0.5) is 4.79 Å². The molecule has 2 rings (SSSR count). The summed E-state index contributed by atoms with van der Waals surface area (Å²) in [4.78, 5) is 15.1. The summed E-state index contributed by atoms with van der Waals surface area (Å²) in [7, 11) is 1.80. The molecule has 0 saturated carbocycles. The lowest BCUT2D eigenvalue weighted by Crippen LogP contribution is -2.29. The summed E-state index contributed by atoms with van der Waals surface area (Å²) in [6.07, 6.45) is 1.61. The van der Waals surface area contributed by atoms with E-state index in [1.54, 1.807) is 23.1 Å². The molecule has 0 radical (unpaired) electrons. The standard InChI is InChI=1S/C10H15N3O2/c1-12-3-4-13(10(12)14)7-9-8(6-11)2-5-15-9/h2,5H,3-4,6-7,11H2,1H3. The van der Waals surface area contributed by atoms with Crippen molar-refractivity contribution in [3.8, 4) is 0 Å². The Bertz CT molecular complexity index is 361. The van der Waals surface area contributed by atoms with Gasteiger partial charge in [0.25, 0.3) is 0 Å². The molecule has 5 nitrogen and oxygen atoms in total. The molecule has 0 atom stereocenters. The SMILES string of the molecule is CN1CCN(Cc2occc2CN)C1=O. The molecular weight excluding hydrogens is 194 g/mol. The normalized spacial score (nSPS) is 16.5. The Morgan fingerprint density at radius 2 is 2.33 bits per heavy atom. The van der Waals surface area contributed by atoms with E-state index in [1.807, 2.05) is 6.07 Å².